The summed E-state index contributed by atoms with van der Waals surface area (Å²) in [4.78, 5) is 12.5. The van der Waals surface area contributed by atoms with Crippen molar-refractivity contribution in [3.05, 3.63) is 40.5 Å². The minimum atomic E-state index is -0.216. The standard InChI is InChI=1S/C17H18ClN3O3/c1-10-4-5-21-16(24-10)8-14(20-21)17(22)19-13-7-11-6-12(18)2-3-15(11)23-9-13/h2-3,6,8,10,13H,4-5,7,9H2,1H3,(H,19,22)/t10-,13+/m0/s1. The molecule has 0 saturated carbocycles. The fourth-order valence-corrected chi connectivity index (χ4v) is 3.24. The number of halogens is 1. The number of carbonyl (C=O) groups is 1. The van der Waals surface area contributed by atoms with Crippen LogP contribution in [0.2, 0.25) is 5.02 Å². The Balaban J connectivity index is 1.45. The quantitative estimate of drug-likeness (QED) is 0.906. The summed E-state index contributed by atoms with van der Waals surface area (Å²) in [6.07, 6.45) is 1.73. The summed E-state index contributed by atoms with van der Waals surface area (Å²) in [5, 5.41) is 7.97. The molecule has 0 spiro atoms. The molecular weight excluding hydrogens is 330 g/mol. The van der Waals surface area contributed by atoms with Crippen molar-refractivity contribution in [1.29, 1.82) is 0 Å². The highest BCUT2D eigenvalue weighted by atomic mass is 35.5. The number of amides is 1. The van der Waals surface area contributed by atoms with Gasteiger partial charge in [-0.05, 0) is 37.1 Å². The molecule has 3 heterocycles. The number of nitrogens with zero attached hydrogens (tertiary/aromatic N) is 2. The highest BCUT2D eigenvalue weighted by Crippen LogP contribution is 2.28. The smallest absolute Gasteiger partial charge is 0.272 e. The van der Waals surface area contributed by atoms with Crippen molar-refractivity contribution in [3.63, 3.8) is 0 Å². The SMILES string of the molecule is C[C@H]1CCn2nc(C(=O)N[C@H]3COc4ccc(Cl)cc4C3)cc2O1. The molecule has 7 heteroatoms. The number of nitrogens with one attached hydrogen (secondary N) is 1. The summed E-state index contributed by atoms with van der Waals surface area (Å²) in [6, 6.07) is 7.12. The van der Waals surface area contributed by atoms with E-state index < -0.39 is 0 Å². The summed E-state index contributed by atoms with van der Waals surface area (Å²) in [7, 11) is 0. The predicted molar refractivity (Wildman–Crippen MR) is 88.8 cm³/mol. The number of ether oxygens (including phenoxy) is 2. The molecule has 2 aromatic rings. The second-order valence-corrected chi connectivity index (χ2v) is 6.68. The third-order valence-corrected chi connectivity index (χ3v) is 4.54. The third kappa shape index (κ3) is 2.94. The summed E-state index contributed by atoms with van der Waals surface area (Å²) in [5.74, 6) is 1.26. The summed E-state index contributed by atoms with van der Waals surface area (Å²) < 4.78 is 13.1. The van der Waals surface area contributed by atoms with Gasteiger partial charge in [0.1, 0.15) is 12.4 Å². The molecule has 0 saturated heterocycles. The second kappa shape index (κ2) is 6.02. The third-order valence-electron chi connectivity index (χ3n) is 4.31. The van der Waals surface area contributed by atoms with Crippen LogP contribution in [0.15, 0.2) is 24.3 Å². The molecule has 2 atom stereocenters. The molecule has 2 aliphatic rings. The highest BCUT2D eigenvalue weighted by molar-refractivity contribution is 6.30. The summed E-state index contributed by atoms with van der Waals surface area (Å²) >= 11 is 6.03. The van der Waals surface area contributed by atoms with Crippen LogP contribution in [0.3, 0.4) is 0 Å². The maximum absolute atomic E-state index is 12.5. The van der Waals surface area contributed by atoms with E-state index >= 15 is 0 Å². The second-order valence-electron chi connectivity index (χ2n) is 6.25. The van der Waals surface area contributed by atoms with Crippen LogP contribution in [0.1, 0.15) is 29.4 Å². The van der Waals surface area contributed by atoms with Crippen LogP contribution in [0, 0.1) is 0 Å². The Morgan fingerprint density at radius 1 is 1.42 bits per heavy atom. The molecule has 6 nitrogen and oxygen atoms in total. The van der Waals surface area contributed by atoms with E-state index in [2.05, 4.69) is 10.4 Å². The number of hydrogen-bond acceptors (Lipinski definition) is 4. The van der Waals surface area contributed by atoms with Gasteiger partial charge in [0.25, 0.3) is 5.91 Å². The lowest BCUT2D eigenvalue weighted by Crippen LogP contribution is -2.42. The molecule has 1 amide bonds. The van der Waals surface area contributed by atoms with Crippen molar-refractivity contribution in [2.24, 2.45) is 0 Å². The Hall–Kier alpha value is -2.21. The van der Waals surface area contributed by atoms with Gasteiger partial charge in [0.05, 0.1) is 12.1 Å². The monoisotopic (exact) mass is 347 g/mol. The maximum atomic E-state index is 12.5. The molecule has 24 heavy (non-hydrogen) atoms. The Kier molecular flexibility index (Phi) is 3.84. The number of aromatic nitrogens is 2. The predicted octanol–water partition coefficient (Wildman–Crippen LogP) is 2.44. The van der Waals surface area contributed by atoms with Crippen molar-refractivity contribution in [2.75, 3.05) is 6.61 Å². The first-order valence-electron chi connectivity index (χ1n) is 8.05. The van der Waals surface area contributed by atoms with E-state index in [1.165, 1.54) is 0 Å². The lowest BCUT2D eigenvalue weighted by Gasteiger charge is -2.25. The van der Waals surface area contributed by atoms with Gasteiger partial charge in [-0.2, -0.15) is 5.10 Å². The maximum Gasteiger partial charge on any atom is 0.272 e. The zero-order valence-corrected chi connectivity index (χ0v) is 14.0. The first-order chi connectivity index (χ1) is 11.6. The van der Waals surface area contributed by atoms with Crippen molar-refractivity contribution >= 4 is 17.5 Å². The van der Waals surface area contributed by atoms with Gasteiger partial charge in [-0.15, -0.1) is 0 Å². The van der Waals surface area contributed by atoms with Gasteiger partial charge in [0.2, 0.25) is 5.88 Å². The van der Waals surface area contributed by atoms with Gasteiger partial charge in [0.15, 0.2) is 5.69 Å². The number of carbonyl (C=O) groups excluding carboxylic acids is 1. The van der Waals surface area contributed by atoms with Gasteiger partial charge >= 0.3 is 0 Å². The van der Waals surface area contributed by atoms with E-state index in [1.807, 2.05) is 19.1 Å². The van der Waals surface area contributed by atoms with Crippen LogP contribution in [0.4, 0.5) is 0 Å². The molecule has 0 fully saturated rings. The lowest BCUT2D eigenvalue weighted by molar-refractivity contribution is 0.0909. The first-order valence-corrected chi connectivity index (χ1v) is 8.43. The van der Waals surface area contributed by atoms with Crippen LogP contribution >= 0.6 is 11.6 Å². The molecule has 4 rings (SSSR count). The first kappa shape index (κ1) is 15.3. The molecule has 1 aromatic heterocycles. The molecule has 1 aromatic carbocycles. The van der Waals surface area contributed by atoms with Gasteiger partial charge in [-0.3, -0.25) is 4.79 Å². The van der Waals surface area contributed by atoms with E-state index in [1.54, 1.807) is 16.8 Å². The molecule has 1 N–H and O–H groups in total. The fraction of sp³-hybridized carbons (Fsp3) is 0.412. The molecule has 0 aliphatic carbocycles. The minimum absolute atomic E-state index is 0.109. The number of fused-ring (bicyclic) bond motifs is 2. The van der Waals surface area contributed by atoms with E-state index in [4.69, 9.17) is 21.1 Å². The fourth-order valence-electron chi connectivity index (χ4n) is 3.05. The largest absolute Gasteiger partial charge is 0.491 e. The van der Waals surface area contributed by atoms with E-state index in [-0.39, 0.29) is 18.1 Å². The average Bonchev–Trinajstić information content (AvgIpc) is 2.97. The highest BCUT2D eigenvalue weighted by Gasteiger charge is 2.25. The Morgan fingerprint density at radius 3 is 3.17 bits per heavy atom. The number of benzene rings is 1. The molecule has 2 aliphatic heterocycles. The van der Waals surface area contributed by atoms with Crippen molar-refractivity contribution in [3.8, 4) is 11.6 Å². The van der Waals surface area contributed by atoms with Crippen molar-refractivity contribution < 1.29 is 14.3 Å². The van der Waals surface area contributed by atoms with Gasteiger partial charge in [0, 0.05) is 24.1 Å². The van der Waals surface area contributed by atoms with Crippen LogP contribution in [-0.4, -0.2) is 34.4 Å². The van der Waals surface area contributed by atoms with Crippen LogP contribution in [0.25, 0.3) is 0 Å². The molecule has 0 unspecified atom stereocenters. The van der Waals surface area contributed by atoms with Gasteiger partial charge in [-0.25, -0.2) is 4.68 Å². The average molecular weight is 348 g/mol. The molecular formula is C17H18ClN3O3. The topological polar surface area (TPSA) is 65.4 Å². The normalized spacial score (nSPS) is 21.9. The molecule has 0 radical (unpaired) electrons. The number of hydrogen-bond donors (Lipinski definition) is 1. The van der Waals surface area contributed by atoms with Crippen LogP contribution in [0.5, 0.6) is 11.6 Å². The molecule has 0 bridgehead atoms. The Morgan fingerprint density at radius 2 is 2.29 bits per heavy atom. The summed E-state index contributed by atoms with van der Waals surface area (Å²) in [5.41, 5.74) is 1.37. The van der Waals surface area contributed by atoms with Crippen molar-refractivity contribution in [2.45, 2.75) is 38.5 Å². The number of aryl methyl sites for hydroxylation is 1. The van der Waals surface area contributed by atoms with Crippen molar-refractivity contribution in [1.82, 2.24) is 15.1 Å². The van der Waals surface area contributed by atoms with Crippen LogP contribution in [-0.2, 0) is 13.0 Å². The number of rotatable bonds is 2. The van der Waals surface area contributed by atoms with E-state index in [0.29, 0.717) is 29.6 Å². The zero-order valence-electron chi connectivity index (χ0n) is 13.3. The Labute approximate surface area is 144 Å². The van der Waals surface area contributed by atoms with E-state index in [9.17, 15) is 4.79 Å². The van der Waals surface area contributed by atoms with E-state index in [0.717, 1.165) is 24.3 Å². The van der Waals surface area contributed by atoms with Gasteiger partial charge < -0.3 is 14.8 Å². The Bertz CT molecular complexity index is 789. The minimum Gasteiger partial charge on any atom is -0.491 e. The zero-order chi connectivity index (χ0) is 16.7. The van der Waals surface area contributed by atoms with Crippen LogP contribution < -0.4 is 14.8 Å². The lowest BCUT2D eigenvalue weighted by atomic mass is 10.0. The molecule has 126 valence electrons. The summed E-state index contributed by atoms with van der Waals surface area (Å²) in [6.45, 7) is 3.21. The van der Waals surface area contributed by atoms with Gasteiger partial charge in [-0.1, -0.05) is 11.6 Å².